The molecule has 184 valence electrons. The molecule has 0 spiro atoms. The Kier molecular flexibility index (Phi) is 6.21. The number of phenolic OH excluding ortho intramolecular Hbond substituents is 1. The number of benzene rings is 1. The standard InChI is InChI=1S/C24H31N3O7/c1-6-7-13-8-15-21(30)26-17-14(22(31)27(15)10-13)9-16(11(2)18(17)28)34-23-20(29)24(4,32)19(25-5)12(3)33-23/h6-10,12,19-21,23,25-26,28-30,32H,1-5H3. The zero-order valence-corrected chi connectivity index (χ0v) is 19.7. The van der Waals surface area contributed by atoms with Crippen LogP contribution in [0.3, 0.4) is 0 Å². The van der Waals surface area contributed by atoms with E-state index >= 15 is 0 Å². The quantitative estimate of drug-likeness (QED) is 0.364. The van der Waals surface area contributed by atoms with Gasteiger partial charge >= 0.3 is 0 Å². The number of phenols is 1. The van der Waals surface area contributed by atoms with Gasteiger partial charge in [-0.1, -0.05) is 12.2 Å². The van der Waals surface area contributed by atoms with Crippen LogP contribution in [0.1, 0.15) is 54.2 Å². The van der Waals surface area contributed by atoms with Crippen molar-refractivity contribution in [1.82, 2.24) is 9.88 Å². The Morgan fingerprint density at radius 3 is 2.68 bits per heavy atom. The fourth-order valence-corrected chi connectivity index (χ4v) is 4.74. The molecule has 2 aliphatic heterocycles. The van der Waals surface area contributed by atoms with E-state index in [0.717, 1.165) is 5.56 Å². The van der Waals surface area contributed by atoms with Crippen molar-refractivity contribution in [3.8, 4) is 11.5 Å². The Balaban J connectivity index is 1.74. The number of nitrogens with one attached hydrogen (secondary N) is 2. The van der Waals surface area contributed by atoms with Crippen LogP contribution in [0.5, 0.6) is 11.5 Å². The number of fused-ring (bicyclic) bond motifs is 2. The van der Waals surface area contributed by atoms with E-state index in [1.165, 1.54) is 17.6 Å². The predicted octanol–water partition coefficient (Wildman–Crippen LogP) is 1.46. The van der Waals surface area contributed by atoms with Gasteiger partial charge in [0.15, 0.2) is 6.23 Å². The highest BCUT2D eigenvalue weighted by Crippen LogP contribution is 2.43. The van der Waals surface area contributed by atoms with Crippen LogP contribution in [-0.2, 0) is 4.74 Å². The maximum absolute atomic E-state index is 13.4. The number of allylic oxidation sites excluding steroid dienone is 1. The first-order valence-corrected chi connectivity index (χ1v) is 11.1. The van der Waals surface area contributed by atoms with Crippen molar-refractivity contribution in [1.29, 1.82) is 0 Å². The number of hydrogen-bond acceptors (Lipinski definition) is 9. The van der Waals surface area contributed by atoms with Gasteiger partial charge in [-0.25, -0.2) is 0 Å². The average Bonchev–Trinajstić information content (AvgIpc) is 3.17. The average molecular weight is 474 g/mol. The number of nitrogens with zero attached hydrogens (tertiary/aromatic N) is 1. The molecule has 6 N–H and O–H groups in total. The van der Waals surface area contributed by atoms with Crippen molar-refractivity contribution in [3.63, 3.8) is 0 Å². The molecule has 10 nitrogen and oxygen atoms in total. The summed E-state index contributed by atoms with van der Waals surface area (Å²) in [5.41, 5.74) is -0.106. The molecule has 6 unspecified atom stereocenters. The molecule has 1 aromatic carbocycles. The van der Waals surface area contributed by atoms with Gasteiger partial charge in [0.2, 0.25) is 6.29 Å². The van der Waals surface area contributed by atoms with Crippen molar-refractivity contribution in [2.75, 3.05) is 12.4 Å². The first kappa shape index (κ1) is 24.2. The molecule has 34 heavy (non-hydrogen) atoms. The first-order chi connectivity index (χ1) is 16.0. The van der Waals surface area contributed by atoms with Crippen molar-refractivity contribution < 1.29 is 34.7 Å². The van der Waals surface area contributed by atoms with E-state index in [2.05, 4.69) is 10.6 Å². The summed E-state index contributed by atoms with van der Waals surface area (Å²) in [6.45, 7) is 6.65. The Labute approximate surface area is 197 Å². The van der Waals surface area contributed by atoms with Crippen LogP contribution in [0.25, 0.3) is 6.08 Å². The minimum absolute atomic E-state index is 0.0664. The lowest BCUT2D eigenvalue weighted by molar-refractivity contribution is -0.272. The van der Waals surface area contributed by atoms with Gasteiger partial charge in [0.1, 0.15) is 23.2 Å². The van der Waals surface area contributed by atoms with Gasteiger partial charge < -0.3 is 40.5 Å². The fraction of sp³-hybridized carbons (Fsp3) is 0.458. The third kappa shape index (κ3) is 3.77. The molecule has 0 radical (unpaired) electrons. The highest BCUT2D eigenvalue weighted by atomic mass is 16.7. The Morgan fingerprint density at radius 2 is 2.03 bits per heavy atom. The topological polar surface area (TPSA) is 145 Å². The van der Waals surface area contributed by atoms with Crippen LogP contribution < -0.4 is 15.4 Å². The molecule has 0 bridgehead atoms. The van der Waals surface area contributed by atoms with E-state index in [-0.39, 0.29) is 28.3 Å². The van der Waals surface area contributed by atoms with Gasteiger partial charge in [-0.3, -0.25) is 9.36 Å². The molecule has 4 rings (SSSR count). The van der Waals surface area contributed by atoms with Gasteiger partial charge in [0.05, 0.1) is 29.1 Å². The summed E-state index contributed by atoms with van der Waals surface area (Å²) >= 11 is 0. The fourth-order valence-electron chi connectivity index (χ4n) is 4.74. The van der Waals surface area contributed by atoms with Crippen LogP contribution in [0, 0.1) is 6.92 Å². The highest BCUT2D eigenvalue weighted by molar-refractivity contribution is 6.04. The van der Waals surface area contributed by atoms with Crippen molar-refractivity contribution in [3.05, 3.63) is 46.8 Å². The number of aliphatic hydroxyl groups excluding tert-OH is 2. The Morgan fingerprint density at radius 1 is 1.32 bits per heavy atom. The second-order valence-electron chi connectivity index (χ2n) is 8.96. The number of carbonyl (C=O) groups excluding carboxylic acids is 1. The molecule has 2 aromatic rings. The molecule has 0 aliphatic carbocycles. The van der Waals surface area contributed by atoms with E-state index in [4.69, 9.17) is 9.47 Å². The highest BCUT2D eigenvalue weighted by Gasteiger charge is 2.52. The summed E-state index contributed by atoms with van der Waals surface area (Å²) in [5.74, 6) is -0.664. The number of aliphatic hydroxyl groups is 3. The summed E-state index contributed by atoms with van der Waals surface area (Å²) in [6, 6.07) is 2.56. The summed E-state index contributed by atoms with van der Waals surface area (Å²) in [4.78, 5) is 13.4. The van der Waals surface area contributed by atoms with Crippen LogP contribution in [-0.4, -0.2) is 68.1 Å². The molecule has 2 aliphatic rings. The molecule has 0 amide bonds. The van der Waals surface area contributed by atoms with Gasteiger partial charge in [0, 0.05) is 11.8 Å². The number of hydrogen-bond donors (Lipinski definition) is 6. The van der Waals surface area contributed by atoms with Crippen LogP contribution >= 0.6 is 0 Å². The van der Waals surface area contributed by atoms with Gasteiger partial charge in [-0.05, 0) is 52.4 Å². The van der Waals surface area contributed by atoms with E-state index in [1.807, 2.05) is 13.0 Å². The minimum Gasteiger partial charge on any atom is -0.505 e. The zero-order valence-electron chi connectivity index (χ0n) is 19.7. The number of carbonyl (C=O) groups is 1. The summed E-state index contributed by atoms with van der Waals surface area (Å²) in [7, 11) is 1.66. The Hall–Kier alpha value is -2.89. The molecule has 3 heterocycles. The number of aromatic nitrogens is 1. The molecule has 1 fully saturated rings. The summed E-state index contributed by atoms with van der Waals surface area (Å²) in [6.07, 6.45) is 0.800. The molecule has 1 saturated heterocycles. The third-order valence-corrected chi connectivity index (χ3v) is 6.61. The second-order valence-corrected chi connectivity index (χ2v) is 8.96. The maximum atomic E-state index is 13.4. The van der Waals surface area contributed by atoms with Crippen LogP contribution in [0.15, 0.2) is 24.4 Å². The second kappa shape index (κ2) is 8.71. The van der Waals surface area contributed by atoms with Gasteiger partial charge in [-0.2, -0.15) is 0 Å². The lowest BCUT2D eigenvalue weighted by Gasteiger charge is -2.47. The Bertz CT molecular complexity index is 1140. The monoisotopic (exact) mass is 473 g/mol. The smallest absolute Gasteiger partial charge is 0.264 e. The number of anilines is 1. The lowest BCUT2D eigenvalue weighted by Crippen LogP contribution is -2.69. The third-order valence-electron chi connectivity index (χ3n) is 6.61. The maximum Gasteiger partial charge on any atom is 0.264 e. The first-order valence-electron chi connectivity index (χ1n) is 11.1. The summed E-state index contributed by atoms with van der Waals surface area (Å²) < 4.78 is 13.0. The van der Waals surface area contributed by atoms with Crippen molar-refractivity contribution in [2.24, 2.45) is 0 Å². The van der Waals surface area contributed by atoms with Crippen LogP contribution in [0.4, 0.5) is 5.69 Å². The number of likely N-dealkylation sites (N-methyl/N-ethyl adjacent to an activating group) is 1. The largest absolute Gasteiger partial charge is 0.505 e. The molecule has 6 atom stereocenters. The number of rotatable bonds is 4. The van der Waals surface area contributed by atoms with E-state index in [0.29, 0.717) is 5.69 Å². The SMILES string of the molecule is CC=Cc1cc2n(c1)C(=O)c1cc(OC3OC(C)C(NC)C(C)(O)C3O)c(C)c(O)c1NC2O. The number of aromatic hydroxyl groups is 1. The normalized spacial score (nSPS) is 31.1. The number of ether oxygens (including phenoxy) is 2. The zero-order chi connectivity index (χ0) is 24.9. The summed E-state index contributed by atoms with van der Waals surface area (Å²) in [5, 5.41) is 48.9. The molecular formula is C24H31N3O7. The van der Waals surface area contributed by atoms with Gasteiger partial charge in [0.25, 0.3) is 5.91 Å². The van der Waals surface area contributed by atoms with Crippen molar-refractivity contribution in [2.45, 2.75) is 64.1 Å². The van der Waals surface area contributed by atoms with E-state index in [1.54, 1.807) is 39.2 Å². The van der Waals surface area contributed by atoms with Crippen molar-refractivity contribution >= 4 is 17.7 Å². The lowest BCUT2D eigenvalue weighted by atomic mass is 9.84. The van der Waals surface area contributed by atoms with Crippen LogP contribution in [0.2, 0.25) is 0 Å². The van der Waals surface area contributed by atoms with Gasteiger partial charge in [-0.15, -0.1) is 0 Å². The molecule has 0 saturated carbocycles. The van der Waals surface area contributed by atoms with E-state index in [9.17, 15) is 25.2 Å². The predicted molar refractivity (Wildman–Crippen MR) is 125 cm³/mol. The molecule has 1 aromatic heterocycles. The molecule has 10 heteroatoms. The molecular weight excluding hydrogens is 442 g/mol. The minimum atomic E-state index is -1.57. The van der Waals surface area contributed by atoms with E-state index < -0.39 is 42.3 Å².